The number of aromatic amines is 1. The molecule has 12 heteroatoms. The average molecular weight is 461 g/mol. The van der Waals surface area contributed by atoms with Crippen LogP contribution in [0.4, 0.5) is 24.7 Å². The Bertz CT molecular complexity index is 1220. The molecule has 33 heavy (non-hydrogen) atoms. The number of ether oxygens (including phenoxy) is 1. The third kappa shape index (κ3) is 3.26. The Morgan fingerprint density at radius 2 is 2.12 bits per heavy atom. The maximum absolute atomic E-state index is 13.5. The van der Waals surface area contributed by atoms with Crippen LogP contribution in [-0.2, 0) is 16.1 Å². The molecule has 1 saturated heterocycles. The van der Waals surface area contributed by atoms with Gasteiger partial charge < -0.3 is 14.5 Å². The minimum Gasteiger partial charge on any atom is -0.377 e. The highest BCUT2D eigenvalue weighted by Crippen LogP contribution is 2.51. The lowest BCUT2D eigenvalue weighted by molar-refractivity contribution is -0.148. The molecule has 3 aromatic rings. The third-order valence-corrected chi connectivity index (χ3v) is 6.65. The van der Waals surface area contributed by atoms with Crippen molar-refractivity contribution in [2.75, 3.05) is 29.6 Å². The summed E-state index contributed by atoms with van der Waals surface area (Å²) in [4.78, 5) is 21.4. The second kappa shape index (κ2) is 7.17. The molecule has 2 aliphatic heterocycles. The molecule has 0 radical (unpaired) electrons. The predicted octanol–water partition coefficient (Wildman–Crippen LogP) is 2.73. The second-order valence-electron chi connectivity index (χ2n) is 8.82. The first-order valence-corrected chi connectivity index (χ1v) is 11.0. The summed E-state index contributed by atoms with van der Waals surface area (Å²) in [5.74, 6) is -1.25. The molecule has 3 atom stereocenters. The summed E-state index contributed by atoms with van der Waals surface area (Å²) in [7, 11) is 0. The molecule has 0 aromatic carbocycles. The van der Waals surface area contributed by atoms with E-state index in [-0.39, 0.29) is 31.3 Å². The summed E-state index contributed by atoms with van der Waals surface area (Å²) >= 11 is 0. The van der Waals surface area contributed by atoms with Crippen molar-refractivity contribution in [2.45, 2.75) is 44.6 Å². The van der Waals surface area contributed by atoms with E-state index in [1.165, 1.54) is 4.90 Å². The van der Waals surface area contributed by atoms with E-state index in [1.54, 1.807) is 23.0 Å². The van der Waals surface area contributed by atoms with Crippen molar-refractivity contribution < 1.29 is 22.7 Å². The summed E-state index contributed by atoms with van der Waals surface area (Å²) in [6.07, 6.45) is -2.76. The van der Waals surface area contributed by atoms with Gasteiger partial charge in [-0.2, -0.15) is 23.4 Å². The Morgan fingerprint density at radius 3 is 2.82 bits per heavy atom. The van der Waals surface area contributed by atoms with Gasteiger partial charge in [0.15, 0.2) is 0 Å². The summed E-state index contributed by atoms with van der Waals surface area (Å²) in [5.41, 5.74) is 2.76. The molecule has 6 rings (SSSR count). The van der Waals surface area contributed by atoms with Crippen LogP contribution in [0.15, 0.2) is 18.3 Å². The summed E-state index contributed by atoms with van der Waals surface area (Å²) in [5, 5.41) is 11.6. The number of halogens is 3. The SMILES string of the molecule is C[C@@H]1COCCN1c1cc2c3c(n1)c(-c1ccn[nH]1)nn3CCC(=O)N2C1CC1C(F)(F)F. The molecule has 2 fully saturated rings. The first-order chi connectivity index (χ1) is 15.8. The molecule has 1 N–H and O–H groups in total. The van der Waals surface area contributed by atoms with E-state index in [1.807, 2.05) is 6.92 Å². The monoisotopic (exact) mass is 461 g/mol. The number of morpholine rings is 1. The zero-order valence-corrected chi connectivity index (χ0v) is 17.8. The van der Waals surface area contributed by atoms with E-state index in [0.717, 1.165) is 0 Å². The standard InChI is InChI=1S/C21H22F3N7O2/c1-11-10-33-7-6-29(11)16-9-15-20-19(26-16)18(13-2-4-25-27-13)28-30(20)5-3-17(32)31(15)14-8-12(14)21(22,23)24/h2,4,9,11-12,14H,3,5-8,10H2,1H3,(H,25,27)/t11-,12?,14?/m1/s1. The molecule has 1 aliphatic carbocycles. The van der Waals surface area contributed by atoms with Crippen LogP contribution in [-0.4, -0.2) is 68.9 Å². The quantitative estimate of drug-likeness (QED) is 0.645. The van der Waals surface area contributed by atoms with Gasteiger partial charge in [-0.05, 0) is 19.4 Å². The van der Waals surface area contributed by atoms with E-state index < -0.39 is 18.1 Å². The van der Waals surface area contributed by atoms with Crippen molar-refractivity contribution >= 4 is 28.4 Å². The van der Waals surface area contributed by atoms with Crippen molar-refractivity contribution in [1.29, 1.82) is 0 Å². The molecule has 0 bridgehead atoms. The number of hydrogen-bond acceptors (Lipinski definition) is 6. The molecule has 5 heterocycles. The highest BCUT2D eigenvalue weighted by atomic mass is 19.4. The van der Waals surface area contributed by atoms with Gasteiger partial charge in [-0.15, -0.1) is 0 Å². The molecule has 1 amide bonds. The van der Waals surface area contributed by atoms with Gasteiger partial charge in [0.25, 0.3) is 0 Å². The fourth-order valence-electron chi connectivity index (χ4n) is 4.92. The number of carbonyl (C=O) groups excluding carboxylic acids is 1. The Labute approximate surface area is 186 Å². The first-order valence-electron chi connectivity index (χ1n) is 11.0. The topological polar surface area (TPSA) is 92.2 Å². The van der Waals surface area contributed by atoms with Crippen molar-refractivity contribution in [3.05, 3.63) is 18.3 Å². The predicted molar refractivity (Wildman–Crippen MR) is 113 cm³/mol. The van der Waals surface area contributed by atoms with Gasteiger partial charge in [-0.25, -0.2) is 4.98 Å². The molecule has 174 valence electrons. The van der Waals surface area contributed by atoms with E-state index in [2.05, 4.69) is 20.2 Å². The summed E-state index contributed by atoms with van der Waals surface area (Å²) < 4.78 is 47.6. The van der Waals surface area contributed by atoms with Crippen molar-refractivity contribution in [3.63, 3.8) is 0 Å². The number of aromatic nitrogens is 5. The number of rotatable bonds is 3. The number of nitrogens with zero attached hydrogens (tertiary/aromatic N) is 6. The second-order valence-corrected chi connectivity index (χ2v) is 8.82. The van der Waals surface area contributed by atoms with E-state index in [9.17, 15) is 18.0 Å². The largest absolute Gasteiger partial charge is 0.393 e. The minimum atomic E-state index is -4.34. The van der Waals surface area contributed by atoms with Crippen LogP contribution >= 0.6 is 0 Å². The van der Waals surface area contributed by atoms with Gasteiger partial charge in [-0.3, -0.25) is 14.6 Å². The Balaban J connectivity index is 1.57. The first kappa shape index (κ1) is 20.5. The maximum atomic E-state index is 13.5. The summed E-state index contributed by atoms with van der Waals surface area (Å²) in [6.45, 7) is 3.91. The zero-order valence-electron chi connectivity index (χ0n) is 17.8. The number of anilines is 2. The van der Waals surface area contributed by atoms with Gasteiger partial charge in [-0.1, -0.05) is 0 Å². The smallest absolute Gasteiger partial charge is 0.377 e. The molecule has 3 aliphatic rings. The number of alkyl halides is 3. The van der Waals surface area contributed by atoms with Crippen LogP contribution in [0.5, 0.6) is 0 Å². The fourth-order valence-corrected chi connectivity index (χ4v) is 4.92. The number of hydrogen-bond donors (Lipinski definition) is 1. The van der Waals surface area contributed by atoms with Crippen molar-refractivity contribution in [1.82, 2.24) is 25.0 Å². The number of nitrogens with one attached hydrogen (secondary N) is 1. The number of carbonyl (C=O) groups is 1. The van der Waals surface area contributed by atoms with Crippen molar-refractivity contribution in [3.8, 4) is 11.4 Å². The van der Waals surface area contributed by atoms with E-state index in [0.29, 0.717) is 53.7 Å². The molecular formula is C21H22F3N7O2. The van der Waals surface area contributed by atoms with Crippen LogP contribution in [0, 0.1) is 5.92 Å². The number of aryl methyl sites for hydroxylation is 1. The molecule has 0 spiro atoms. The average Bonchev–Trinajstić information content (AvgIpc) is 3.26. The molecule has 3 aromatic heterocycles. The zero-order chi connectivity index (χ0) is 22.9. The van der Waals surface area contributed by atoms with E-state index in [4.69, 9.17) is 9.72 Å². The van der Waals surface area contributed by atoms with Crippen LogP contribution in [0.3, 0.4) is 0 Å². The molecular weight excluding hydrogens is 439 g/mol. The Kier molecular flexibility index (Phi) is 4.45. The van der Waals surface area contributed by atoms with Gasteiger partial charge in [0.1, 0.15) is 22.5 Å². The number of amides is 1. The maximum Gasteiger partial charge on any atom is 0.393 e. The van der Waals surface area contributed by atoms with E-state index >= 15 is 0 Å². The third-order valence-electron chi connectivity index (χ3n) is 6.65. The van der Waals surface area contributed by atoms with Crippen LogP contribution < -0.4 is 9.80 Å². The number of H-pyrrole nitrogens is 1. The highest BCUT2D eigenvalue weighted by molar-refractivity contribution is 6.07. The lowest BCUT2D eigenvalue weighted by Gasteiger charge is -2.35. The lowest BCUT2D eigenvalue weighted by Crippen LogP contribution is -2.44. The summed E-state index contributed by atoms with van der Waals surface area (Å²) in [6, 6.07) is 2.64. The molecule has 1 saturated carbocycles. The lowest BCUT2D eigenvalue weighted by atomic mass is 10.2. The van der Waals surface area contributed by atoms with Crippen LogP contribution in [0.1, 0.15) is 19.8 Å². The van der Waals surface area contributed by atoms with Gasteiger partial charge in [0, 0.05) is 31.3 Å². The normalized spacial score (nSPS) is 25.6. The van der Waals surface area contributed by atoms with Crippen LogP contribution in [0.25, 0.3) is 22.4 Å². The molecule has 2 unspecified atom stereocenters. The van der Waals surface area contributed by atoms with Gasteiger partial charge >= 0.3 is 6.18 Å². The van der Waals surface area contributed by atoms with Crippen LogP contribution in [0.2, 0.25) is 0 Å². The highest BCUT2D eigenvalue weighted by Gasteiger charge is 2.59. The minimum absolute atomic E-state index is 0.0281. The fraction of sp³-hybridized carbons (Fsp3) is 0.524. The molecule has 9 nitrogen and oxygen atoms in total. The Morgan fingerprint density at radius 1 is 1.27 bits per heavy atom. The van der Waals surface area contributed by atoms with Gasteiger partial charge in [0.2, 0.25) is 5.91 Å². The number of pyridine rings is 1. The van der Waals surface area contributed by atoms with Crippen molar-refractivity contribution in [2.24, 2.45) is 5.92 Å². The van der Waals surface area contributed by atoms with Gasteiger partial charge in [0.05, 0.1) is 43.1 Å². The Hall–Kier alpha value is -3.15.